The number of benzene rings is 1. The van der Waals surface area contributed by atoms with Crippen molar-refractivity contribution < 1.29 is 9.53 Å². The molecule has 1 heterocycles. The Morgan fingerprint density at radius 3 is 2.37 bits per heavy atom. The van der Waals surface area contributed by atoms with E-state index in [1.807, 2.05) is 52.0 Å². The van der Waals surface area contributed by atoms with Crippen molar-refractivity contribution in [2.45, 2.75) is 38.9 Å². The van der Waals surface area contributed by atoms with Crippen LogP contribution in [0, 0.1) is 3.57 Å². The molecule has 2 nitrogen and oxygen atoms in total. The Morgan fingerprint density at radius 1 is 1.21 bits per heavy atom. The fourth-order valence-electron chi connectivity index (χ4n) is 2.36. The Labute approximate surface area is 135 Å². The van der Waals surface area contributed by atoms with Gasteiger partial charge in [-0.15, -0.1) is 0 Å². The molecule has 0 aliphatic carbocycles. The summed E-state index contributed by atoms with van der Waals surface area (Å²) in [6, 6.07) is 6.03. The van der Waals surface area contributed by atoms with E-state index in [4.69, 9.17) is 4.74 Å². The van der Waals surface area contributed by atoms with E-state index in [2.05, 4.69) is 38.5 Å². The molecule has 0 bridgehead atoms. The van der Waals surface area contributed by atoms with Gasteiger partial charge in [-0.1, -0.05) is 15.9 Å². The lowest BCUT2D eigenvalue weighted by molar-refractivity contribution is -0.132. The molecular formula is C15H16BrIO2. The lowest BCUT2D eigenvalue weighted by atomic mass is 9.91. The molecule has 0 saturated carbocycles. The Morgan fingerprint density at radius 2 is 1.84 bits per heavy atom. The van der Waals surface area contributed by atoms with Crippen molar-refractivity contribution in [3.8, 4) is 0 Å². The number of halogens is 2. The molecule has 1 saturated heterocycles. The van der Waals surface area contributed by atoms with E-state index in [1.165, 1.54) is 0 Å². The van der Waals surface area contributed by atoms with Crippen molar-refractivity contribution in [1.29, 1.82) is 0 Å². The largest absolute Gasteiger partial charge is 0.357 e. The third-order valence-corrected chi connectivity index (χ3v) is 4.68. The lowest BCUT2D eigenvalue weighted by Gasteiger charge is -2.22. The second kappa shape index (κ2) is 4.97. The number of rotatable bonds is 1. The Hall–Kier alpha value is -0.200. The Balaban J connectivity index is 2.54. The molecule has 0 N–H and O–H groups in total. The van der Waals surface area contributed by atoms with E-state index in [9.17, 15) is 4.79 Å². The fraction of sp³-hybridized carbons (Fsp3) is 0.400. The number of ether oxygens (including phenoxy) is 1. The van der Waals surface area contributed by atoms with Crippen molar-refractivity contribution in [3.63, 3.8) is 0 Å². The molecule has 1 aromatic rings. The highest BCUT2D eigenvalue weighted by molar-refractivity contribution is 14.1. The van der Waals surface area contributed by atoms with Gasteiger partial charge in [0, 0.05) is 13.6 Å². The zero-order valence-corrected chi connectivity index (χ0v) is 15.1. The fourth-order valence-corrected chi connectivity index (χ4v) is 3.23. The smallest absolute Gasteiger partial charge is 0.192 e. The third-order valence-electron chi connectivity index (χ3n) is 3.21. The summed E-state index contributed by atoms with van der Waals surface area (Å²) in [5.74, 6) is 0.0632. The van der Waals surface area contributed by atoms with Gasteiger partial charge in [0.2, 0.25) is 0 Å². The highest BCUT2D eigenvalue weighted by Crippen LogP contribution is 2.40. The quantitative estimate of drug-likeness (QED) is 0.477. The van der Waals surface area contributed by atoms with Crippen molar-refractivity contribution in [1.82, 2.24) is 0 Å². The lowest BCUT2D eigenvalue weighted by Crippen LogP contribution is -2.29. The van der Waals surface area contributed by atoms with Crippen LogP contribution in [-0.4, -0.2) is 17.0 Å². The topological polar surface area (TPSA) is 26.3 Å². The van der Waals surface area contributed by atoms with E-state index in [1.54, 1.807) is 0 Å². The first-order valence-corrected chi connectivity index (χ1v) is 7.93. The van der Waals surface area contributed by atoms with Crippen LogP contribution in [0.2, 0.25) is 0 Å². The van der Waals surface area contributed by atoms with Crippen molar-refractivity contribution >= 4 is 50.4 Å². The van der Waals surface area contributed by atoms with E-state index in [0.29, 0.717) is 0 Å². The summed E-state index contributed by atoms with van der Waals surface area (Å²) in [7, 11) is 0. The molecule has 1 aliphatic rings. The average molecular weight is 435 g/mol. The normalized spacial score (nSPS) is 23.1. The molecule has 102 valence electrons. The molecule has 1 fully saturated rings. The predicted molar refractivity (Wildman–Crippen MR) is 89.1 cm³/mol. The van der Waals surface area contributed by atoms with Gasteiger partial charge in [0.1, 0.15) is 5.60 Å². The Bertz CT molecular complexity index is 574. The second-order valence-corrected chi connectivity index (χ2v) is 7.75. The molecular weight excluding hydrogens is 419 g/mol. The van der Waals surface area contributed by atoms with Crippen LogP contribution in [0.1, 0.15) is 33.3 Å². The molecule has 1 aromatic carbocycles. The highest BCUT2D eigenvalue weighted by Gasteiger charge is 2.49. The number of hydrogen-bond donors (Lipinski definition) is 0. The van der Waals surface area contributed by atoms with Crippen LogP contribution in [-0.2, 0) is 9.53 Å². The summed E-state index contributed by atoms with van der Waals surface area (Å²) in [5, 5.41) is 0. The second-order valence-electron chi connectivity index (χ2n) is 5.68. The van der Waals surface area contributed by atoms with Gasteiger partial charge >= 0.3 is 0 Å². The highest BCUT2D eigenvalue weighted by atomic mass is 127. The predicted octanol–water partition coefficient (Wildman–Crippen LogP) is 4.59. The monoisotopic (exact) mass is 434 g/mol. The first-order valence-electron chi connectivity index (χ1n) is 6.06. The number of carbonyl (C=O) groups is 1. The van der Waals surface area contributed by atoms with Crippen molar-refractivity contribution in [2.75, 3.05) is 0 Å². The molecule has 19 heavy (non-hydrogen) atoms. The van der Waals surface area contributed by atoms with E-state index in [-0.39, 0.29) is 5.78 Å². The minimum atomic E-state index is -0.743. The van der Waals surface area contributed by atoms with Crippen LogP contribution in [0.25, 0.3) is 6.08 Å². The minimum absolute atomic E-state index is 0.0632. The van der Waals surface area contributed by atoms with Crippen LogP contribution in [0.15, 0.2) is 28.2 Å². The Kier molecular flexibility index (Phi) is 3.97. The maximum Gasteiger partial charge on any atom is 0.192 e. The summed E-state index contributed by atoms with van der Waals surface area (Å²) < 4.78 is 7.99. The summed E-state index contributed by atoms with van der Waals surface area (Å²) in [6.07, 6.45) is 1.95. The molecule has 0 unspecified atom stereocenters. The first kappa shape index (κ1) is 15.2. The van der Waals surface area contributed by atoms with Gasteiger partial charge in [0.05, 0.1) is 5.60 Å². The van der Waals surface area contributed by atoms with E-state index < -0.39 is 11.2 Å². The van der Waals surface area contributed by atoms with E-state index in [0.717, 1.165) is 19.2 Å². The van der Waals surface area contributed by atoms with Gasteiger partial charge in [0.15, 0.2) is 5.78 Å². The van der Waals surface area contributed by atoms with Crippen LogP contribution >= 0.6 is 38.5 Å². The van der Waals surface area contributed by atoms with Crippen LogP contribution in [0.3, 0.4) is 0 Å². The summed E-state index contributed by atoms with van der Waals surface area (Å²) in [4.78, 5) is 12.4. The molecule has 0 amide bonds. The molecule has 0 spiro atoms. The van der Waals surface area contributed by atoms with Crippen molar-refractivity contribution in [3.05, 3.63) is 37.4 Å². The van der Waals surface area contributed by atoms with Crippen LogP contribution in [0.5, 0.6) is 0 Å². The molecule has 0 atom stereocenters. The van der Waals surface area contributed by atoms with Crippen LogP contribution in [0.4, 0.5) is 0 Å². The average Bonchev–Trinajstić information content (AvgIpc) is 2.41. The zero-order valence-electron chi connectivity index (χ0n) is 11.4. The van der Waals surface area contributed by atoms with E-state index >= 15 is 0 Å². The molecule has 0 radical (unpaired) electrons. The first-order chi connectivity index (χ1) is 8.63. The van der Waals surface area contributed by atoms with Gasteiger partial charge in [-0.05, 0) is 80.1 Å². The van der Waals surface area contributed by atoms with Crippen molar-refractivity contribution in [2.24, 2.45) is 0 Å². The van der Waals surface area contributed by atoms with Crippen LogP contribution < -0.4 is 0 Å². The molecule has 4 heteroatoms. The summed E-state index contributed by atoms with van der Waals surface area (Å²) in [5.41, 5.74) is 0.472. The van der Waals surface area contributed by atoms with Gasteiger partial charge in [-0.3, -0.25) is 4.79 Å². The molecule has 2 rings (SSSR count). The SMILES string of the molecule is CC1(C)OC(C)(C)/C(=C\c2cc(Br)ccc2I)C1=O. The number of Topliss-reactive ketones (excluding diaryl/α,β-unsaturated/α-hetero) is 1. The maximum absolute atomic E-state index is 12.4. The summed E-state index contributed by atoms with van der Waals surface area (Å²) >= 11 is 5.74. The summed E-state index contributed by atoms with van der Waals surface area (Å²) in [6.45, 7) is 7.53. The number of ketones is 1. The zero-order chi connectivity index (χ0) is 14.4. The van der Waals surface area contributed by atoms with Gasteiger partial charge in [0.25, 0.3) is 0 Å². The van der Waals surface area contributed by atoms with Gasteiger partial charge in [-0.2, -0.15) is 0 Å². The van der Waals surface area contributed by atoms with Gasteiger partial charge < -0.3 is 4.74 Å². The number of carbonyl (C=O) groups excluding carboxylic acids is 1. The molecule has 1 aliphatic heterocycles. The van der Waals surface area contributed by atoms with Gasteiger partial charge in [-0.25, -0.2) is 0 Å². The number of hydrogen-bond acceptors (Lipinski definition) is 2. The third kappa shape index (κ3) is 2.95. The maximum atomic E-state index is 12.4. The minimum Gasteiger partial charge on any atom is -0.357 e. The molecule has 0 aromatic heterocycles. The standard InChI is InChI=1S/C15H16BrIO2/c1-14(2)11(13(18)15(3,4)19-14)8-9-7-10(16)5-6-12(9)17/h5-8H,1-4H3/b11-8-.